The Kier molecular flexibility index (Phi) is 7.56. The molecular weight excluding hydrogens is 292 g/mol. The molecule has 0 saturated heterocycles. The van der Waals surface area contributed by atoms with Crippen LogP contribution in [0.2, 0.25) is 0 Å². The lowest BCUT2D eigenvalue weighted by molar-refractivity contribution is 0.253. The van der Waals surface area contributed by atoms with Crippen molar-refractivity contribution in [3.05, 3.63) is 23.3 Å². The van der Waals surface area contributed by atoms with Crippen LogP contribution in [-0.4, -0.2) is 26.2 Å². The fraction of sp³-hybridized carbons (Fsp3) is 0.818. The molecule has 0 radical (unpaired) electrons. The Balaban J connectivity index is 1.62. The fourth-order valence-corrected chi connectivity index (χ4v) is 5.12. The number of hydrogen-bond acceptors (Lipinski definition) is 2. The zero-order valence-electron chi connectivity index (χ0n) is 16.9. The van der Waals surface area contributed by atoms with Crippen LogP contribution in [0.4, 0.5) is 0 Å². The summed E-state index contributed by atoms with van der Waals surface area (Å²) >= 11 is 0. The van der Waals surface area contributed by atoms with Gasteiger partial charge in [0.1, 0.15) is 0 Å². The zero-order valence-corrected chi connectivity index (χ0v) is 16.9. The first kappa shape index (κ1) is 19.7. The fourth-order valence-electron chi connectivity index (χ4n) is 5.12. The van der Waals surface area contributed by atoms with Crippen molar-refractivity contribution in [1.29, 1.82) is 0 Å². The predicted octanol–water partition coefficient (Wildman–Crippen LogP) is 4.64. The van der Waals surface area contributed by atoms with Crippen LogP contribution in [-0.2, 0) is 0 Å². The monoisotopic (exact) mass is 332 g/mol. The van der Waals surface area contributed by atoms with E-state index in [1.165, 1.54) is 12.8 Å². The van der Waals surface area contributed by atoms with Crippen molar-refractivity contribution in [2.45, 2.75) is 54.4 Å². The van der Waals surface area contributed by atoms with E-state index < -0.39 is 0 Å². The average Bonchev–Trinajstić information content (AvgIpc) is 2.46. The van der Waals surface area contributed by atoms with E-state index in [9.17, 15) is 0 Å². The highest BCUT2D eigenvalue weighted by atomic mass is 14.9. The minimum absolute atomic E-state index is 0.716. The van der Waals surface area contributed by atoms with E-state index in [4.69, 9.17) is 0 Å². The lowest BCUT2D eigenvalue weighted by atomic mass is 9.75. The molecule has 2 nitrogen and oxygen atoms in total. The second-order valence-electron chi connectivity index (χ2n) is 8.84. The van der Waals surface area contributed by atoms with Crippen molar-refractivity contribution in [3.63, 3.8) is 0 Å². The van der Waals surface area contributed by atoms with Crippen LogP contribution in [0.15, 0.2) is 23.3 Å². The Morgan fingerprint density at radius 3 is 1.46 bits per heavy atom. The van der Waals surface area contributed by atoms with Crippen molar-refractivity contribution >= 4 is 0 Å². The molecule has 0 saturated carbocycles. The highest BCUT2D eigenvalue weighted by Gasteiger charge is 2.27. The van der Waals surface area contributed by atoms with Gasteiger partial charge >= 0.3 is 0 Å². The largest absolute Gasteiger partial charge is 0.315 e. The molecule has 0 heterocycles. The summed E-state index contributed by atoms with van der Waals surface area (Å²) in [5.41, 5.74) is 3.15. The maximum atomic E-state index is 3.69. The molecule has 0 aromatic rings. The van der Waals surface area contributed by atoms with E-state index in [0.29, 0.717) is 11.8 Å². The number of hydrogen-bond donors (Lipinski definition) is 2. The standard InChI is InChI=1S/C22H40N2/c1-15-9-17(3)21(18(4)10-15)13-23-7-8-24-14-22-19(5)11-16(2)12-20(22)6/h9,11,17-24H,7-8,10,12-14H2,1-6H3/t17-,18-,19+,20+,21-,22+. The van der Waals surface area contributed by atoms with Gasteiger partial charge in [-0.05, 0) is 75.3 Å². The highest BCUT2D eigenvalue weighted by Crippen LogP contribution is 2.33. The number of allylic oxidation sites excluding steroid dienone is 4. The molecule has 2 aliphatic carbocycles. The molecule has 2 aliphatic rings. The Morgan fingerprint density at radius 2 is 1.12 bits per heavy atom. The summed E-state index contributed by atoms with van der Waals surface area (Å²) < 4.78 is 0. The molecule has 2 heteroatoms. The predicted molar refractivity (Wildman–Crippen MR) is 106 cm³/mol. The molecule has 0 unspecified atom stereocenters. The quantitative estimate of drug-likeness (QED) is 0.524. The third-order valence-corrected chi connectivity index (χ3v) is 6.43. The van der Waals surface area contributed by atoms with E-state index in [2.05, 4.69) is 64.3 Å². The summed E-state index contributed by atoms with van der Waals surface area (Å²) in [4.78, 5) is 0. The smallest absolute Gasteiger partial charge is 0.00768 e. The van der Waals surface area contributed by atoms with Gasteiger partial charge in [0, 0.05) is 13.1 Å². The van der Waals surface area contributed by atoms with Gasteiger partial charge in [-0.15, -0.1) is 0 Å². The molecule has 0 spiro atoms. The van der Waals surface area contributed by atoms with Crippen LogP contribution < -0.4 is 10.6 Å². The van der Waals surface area contributed by atoms with Gasteiger partial charge in [-0.1, -0.05) is 51.0 Å². The summed E-state index contributed by atoms with van der Waals surface area (Å²) in [7, 11) is 0. The van der Waals surface area contributed by atoms with Crippen LogP contribution in [0.3, 0.4) is 0 Å². The van der Waals surface area contributed by atoms with Crippen LogP contribution >= 0.6 is 0 Å². The molecular formula is C22H40N2. The van der Waals surface area contributed by atoms with Crippen molar-refractivity contribution in [2.75, 3.05) is 26.2 Å². The lowest BCUT2D eigenvalue weighted by Gasteiger charge is -2.34. The SMILES string of the molecule is CC1=C[C@@H](C)[C@@H](CNCCNC[C@H]2[C@@H](C)C=C(C)C[C@@H]2C)[C@H](C)C1. The second-order valence-corrected chi connectivity index (χ2v) is 8.84. The normalized spacial score (nSPS) is 37.1. The van der Waals surface area contributed by atoms with Gasteiger partial charge in [-0.3, -0.25) is 0 Å². The van der Waals surface area contributed by atoms with Gasteiger partial charge in [-0.25, -0.2) is 0 Å². The molecule has 2 rings (SSSR count). The van der Waals surface area contributed by atoms with E-state index in [1.807, 2.05) is 0 Å². The number of nitrogens with one attached hydrogen (secondary N) is 2. The molecule has 0 aromatic carbocycles. The van der Waals surface area contributed by atoms with E-state index in [1.54, 1.807) is 11.1 Å². The van der Waals surface area contributed by atoms with Crippen molar-refractivity contribution in [2.24, 2.45) is 35.5 Å². The molecule has 0 fully saturated rings. The topological polar surface area (TPSA) is 24.1 Å². The second kappa shape index (κ2) is 9.20. The molecule has 2 N–H and O–H groups in total. The molecule has 0 aliphatic heterocycles. The van der Waals surface area contributed by atoms with Crippen LogP contribution in [0.1, 0.15) is 54.4 Å². The van der Waals surface area contributed by atoms with Crippen LogP contribution in [0.5, 0.6) is 0 Å². The maximum Gasteiger partial charge on any atom is 0.00768 e. The van der Waals surface area contributed by atoms with E-state index in [-0.39, 0.29) is 0 Å². The van der Waals surface area contributed by atoms with Gasteiger partial charge in [0.2, 0.25) is 0 Å². The number of rotatable bonds is 7. The van der Waals surface area contributed by atoms with Gasteiger partial charge < -0.3 is 10.6 Å². The first-order valence-electron chi connectivity index (χ1n) is 10.1. The minimum atomic E-state index is 0.716. The first-order chi connectivity index (χ1) is 11.4. The average molecular weight is 333 g/mol. The van der Waals surface area contributed by atoms with Crippen molar-refractivity contribution in [1.82, 2.24) is 10.6 Å². The van der Waals surface area contributed by atoms with Gasteiger partial charge in [0.05, 0.1) is 0 Å². The molecule has 24 heavy (non-hydrogen) atoms. The molecule has 138 valence electrons. The summed E-state index contributed by atoms with van der Waals surface area (Å²) in [6.07, 6.45) is 7.51. The van der Waals surface area contributed by atoms with Gasteiger partial charge in [0.15, 0.2) is 0 Å². The first-order valence-corrected chi connectivity index (χ1v) is 10.1. The van der Waals surface area contributed by atoms with Crippen LogP contribution in [0.25, 0.3) is 0 Å². The molecule has 0 aromatic heterocycles. The Hall–Kier alpha value is -0.600. The lowest BCUT2D eigenvalue weighted by Crippen LogP contribution is -2.39. The third kappa shape index (κ3) is 5.46. The Morgan fingerprint density at radius 1 is 0.750 bits per heavy atom. The maximum absolute atomic E-state index is 3.69. The Labute approximate surface area is 150 Å². The minimum Gasteiger partial charge on any atom is -0.315 e. The zero-order chi connectivity index (χ0) is 17.7. The van der Waals surface area contributed by atoms with E-state index >= 15 is 0 Å². The van der Waals surface area contributed by atoms with E-state index in [0.717, 1.165) is 49.9 Å². The highest BCUT2D eigenvalue weighted by molar-refractivity contribution is 5.09. The molecule has 6 atom stereocenters. The third-order valence-electron chi connectivity index (χ3n) is 6.43. The van der Waals surface area contributed by atoms with Gasteiger partial charge in [0.25, 0.3) is 0 Å². The molecule has 0 amide bonds. The van der Waals surface area contributed by atoms with Crippen molar-refractivity contribution < 1.29 is 0 Å². The molecule has 0 bridgehead atoms. The summed E-state index contributed by atoms with van der Waals surface area (Å²) in [6, 6.07) is 0. The summed E-state index contributed by atoms with van der Waals surface area (Å²) in [5.74, 6) is 4.63. The Bertz CT molecular complexity index is 409. The summed E-state index contributed by atoms with van der Waals surface area (Å²) in [6.45, 7) is 18.6. The summed E-state index contributed by atoms with van der Waals surface area (Å²) in [5, 5.41) is 7.39. The van der Waals surface area contributed by atoms with Gasteiger partial charge in [-0.2, -0.15) is 0 Å². The van der Waals surface area contributed by atoms with Crippen LogP contribution in [0, 0.1) is 35.5 Å². The van der Waals surface area contributed by atoms with Crippen molar-refractivity contribution in [3.8, 4) is 0 Å².